The number of hydrogen-bond acceptors (Lipinski definition) is 1. The molecule has 0 unspecified atom stereocenters. The molecule has 2 nitrogen and oxygen atoms in total. The number of benzene rings is 1. The summed E-state index contributed by atoms with van der Waals surface area (Å²) in [5.74, 6) is 0.554. The van der Waals surface area contributed by atoms with E-state index in [2.05, 4.69) is 36.9 Å². The second-order valence-corrected chi connectivity index (χ2v) is 5.22. The van der Waals surface area contributed by atoms with Crippen LogP contribution in [0.5, 0.6) is 0 Å². The van der Waals surface area contributed by atoms with Gasteiger partial charge in [0.1, 0.15) is 5.84 Å². The lowest BCUT2D eigenvalue weighted by molar-refractivity contribution is 1.34. The number of nitrogens with two attached hydrogens (primary N) is 1. The first kappa shape index (κ1) is 13.3. The molecule has 0 aliphatic carbocycles. The molecule has 6 heteroatoms. The van der Waals surface area contributed by atoms with E-state index >= 15 is 0 Å². The van der Waals surface area contributed by atoms with Crippen molar-refractivity contribution in [3.05, 3.63) is 25.6 Å². The summed E-state index contributed by atoms with van der Waals surface area (Å²) in [4.78, 5) is 4.19. The minimum absolute atomic E-state index is 0.194. The quantitative estimate of drug-likeness (QED) is 0.354. The maximum atomic E-state index is 6.07. The molecule has 15 heavy (non-hydrogen) atoms. The summed E-state index contributed by atoms with van der Waals surface area (Å²) >= 11 is 18.4. The highest BCUT2D eigenvalue weighted by Gasteiger charge is 2.10. The number of nitrogens with zero attached hydrogens (tertiary/aromatic N) is 1. The Morgan fingerprint density at radius 3 is 2.60 bits per heavy atom. The van der Waals surface area contributed by atoms with Crippen molar-refractivity contribution in [1.82, 2.24) is 0 Å². The lowest BCUT2D eigenvalue weighted by Gasteiger charge is -2.08. The number of amidine groups is 1. The first-order valence-corrected chi connectivity index (χ1v) is 6.50. The van der Waals surface area contributed by atoms with E-state index in [0.29, 0.717) is 16.5 Å². The number of alkyl halides is 1. The number of rotatable bonds is 2. The van der Waals surface area contributed by atoms with Crippen LogP contribution < -0.4 is 5.73 Å². The Morgan fingerprint density at radius 2 is 2.07 bits per heavy atom. The van der Waals surface area contributed by atoms with Gasteiger partial charge in [-0.2, -0.15) is 0 Å². The fourth-order valence-corrected chi connectivity index (χ4v) is 2.67. The highest BCUT2D eigenvalue weighted by molar-refractivity contribution is 9.11. The molecule has 0 fully saturated rings. The highest BCUT2D eigenvalue weighted by Crippen LogP contribution is 2.38. The number of aliphatic imine (C=N–C) groups is 1. The van der Waals surface area contributed by atoms with Crippen LogP contribution in [0.1, 0.15) is 5.56 Å². The van der Waals surface area contributed by atoms with Gasteiger partial charge in [-0.15, -0.1) is 11.6 Å². The number of halogens is 4. The van der Waals surface area contributed by atoms with Crippen molar-refractivity contribution in [3.8, 4) is 0 Å². The maximum Gasteiger partial charge on any atom is 0.115 e. The first-order valence-electron chi connectivity index (χ1n) is 4.00. The van der Waals surface area contributed by atoms with Crippen molar-refractivity contribution < 1.29 is 0 Å². The molecule has 0 bridgehead atoms. The molecule has 0 amide bonds. The topological polar surface area (TPSA) is 38.4 Å². The zero-order valence-electron chi connectivity index (χ0n) is 7.82. The summed E-state index contributed by atoms with van der Waals surface area (Å²) < 4.78 is 1.64. The maximum absolute atomic E-state index is 6.07. The van der Waals surface area contributed by atoms with Crippen LogP contribution in [0.3, 0.4) is 0 Å². The first-order chi connectivity index (χ1) is 6.97. The van der Waals surface area contributed by atoms with E-state index in [1.165, 1.54) is 0 Å². The molecule has 0 saturated heterocycles. The lowest BCUT2D eigenvalue weighted by atomic mass is 10.2. The molecule has 1 aromatic carbocycles. The van der Waals surface area contributed by atoms with E-state index in [1.807, 2.05) is 13.0 Å². The Bertz CT molecular complexity index is 419. The Kier molecular flexibility index (Phi) is 4.90. The molecule has 82 valence electrons. The van der Waals surface area contributed by atoms with Gasteiger partial charge in [0.15, 0.2) is 0 Å². The average molecular weight is 375 g/mol. The van der Waals surface area contributed by atoms with Crippen molar-refractivity contribution >= 4 is 66.6 Å². The summed E-state index contributed by atoms with van der Waals surface area (Å²) in [6, 6.07) is 1.83. The molecule has 0 aliphatic heterocycles. The van der Waals surface area contributed by atoms with Gasteiger partial charge in [0.25, 0.3) is 0 Å². The Labute approximate surface area is 115 Å². The molecule has 2 N–H and O–H groups in total. The van der Waals surface area contributed by atoms with Crippen LogP contribution in [-0.2, 0) is 0 Å². The molecule has 0 aromatic heterocycles. The van der Waals surface area contributed by atoms with Crippen molar-refractivity contribution in [3.63, 3.8) is 0 Å². The van der Waals surface area contributed by atoms with Gasteiger partial charge < -0.3 is 5.73 Å². The Hall–Kier alpha value is 0.230. The molecule has 1 rings (SSSR count). The van der Waals surface area contributed by atoms with E-state index in [1.54, 1.807) is 0 Å². The van der Waals surface area contributed by atoms with Gasteiger partial charge in [0.2, 0.25) is 0 Å². The van der Waals surface area contributed by atoms with E-state index in [0.717, 1.165) is 14.5 Å². The predicted octanol–water partition coefficient (Wildman–Crippen LogP) is 4.40. The minimum Gasteiger partial charge on any atom is -0.386 e. The van der Waals surface area contributed by atoms with Crippen molar-refractivity contribution in [2.45, 2.75) is 6.92 Å². The SMILES string of the molecule is Cc1c(Cl)c(Br)cc(Br)c1N=C(N)CCl. The van der Waals surface area contributed by atoms with Crippen LogP contribution in [-0.4, -0.2) is 11.7 Å². The zero-order chi connectivity index (χ0) is 11.6. The largest absolute Gasteiger partial charge is 0.386 e. The molecule has 0 saturated carbocycles. The third kappa shape index (κ3) is 3.09. The summed E-state index contributed by atoms with van der Waals surface area (Å²) in [6.45, 7) is 1.87. The van der Waals surface area contributed by atoms with Crippen molar-refractivity contribution in [2.24, 2.45) is 10.7 Å². The molecular weight excluding hydrogens is 367 g/mol. The molecule has 0 heterocycles. The summed E-state index contributed by atoms with van der Waals surface area (Å²) in [7, 11) is 0. The molecular formula is C9H8Br2Cl2N2. The van der Waals surface area contributed by atoms with Gasteiger partial charge in [0, 0.05) is 8.95 Å². The van der Waals surface area contributed by atoms with Gasteiger partial charge in [-0.3, -0.25) is 0 Å². The van der Waals surface area contributed by atoms with Crippen molar-refractivity contribution in [1.29, 1.82) is 0 Å². The molecule has 1 aromatic rings. The van der Waals surface area contributed by atoms with E-state index in [9.17, 15) is 0 Å². The monoisotopic (exact) mass is 372 g/mol. The Morgan fingerprint density at radius 1 is 1.47 bits per heavy atom. The van der Waals surface area contributed by atoms with Gasteiger partial charge in [-0.1, -0.05) is 11.6 Å². The zero-order valence-corrected chi connectivity index (χ0v) is 12.5. The third-order valence-corrected chi connectivity index (χ3v) is 3.99. The van der Waals surface area contributed by atoms with Gasteiger partial charge in [-0.05, 0) is 50.4 Å². The average Bonchev–Trinajstić information content (AvgIpc) is 2.21. The summed E-state index contributed by atoms with van der Waals surface area (Å²) in [5.41, 5.74) is 7.14. The minimum atomic E-state index is 0.194. The number of hydrogen-bond donors (Lipinski definition) is 1. The summed E-state index contributed by atoms with van der Waals surface area (Å²) in [6.07, 6.45) is 0. The van der Waals surface area contributed by atoms with Crippen LogP contribution in [0, 0.1) is 6.92 Å². The van der Waals surface area contributed by atoms with Crippen molar-refractivity contribution in [2.75, 3.05) is 5.88 Å². The fraction of sp³-hybridized carbons (Fsp3) is 0.222. The van der Waals surface area contributed by atoms with Crippen LogP contribution >= 0.6 is 55.1 Å². The fourth-order valence-electron chi connectivity index (χ4n) is 1.02. The van der Waals surface area contributed by atoms with E-state index < -0.39 is 0 Å². The van der Waals surface area contributed by atoms with Crippen LogP contribution in [0.25, 0.3) is 0 Å². The lowest BCUT2D eigenvalue weighted by Crippen LogP contribution is -2.12. The van der Waals surface area contributed by atoms with Crippen LogP contribution in [0.4, 0.5) is 5.69 Å². The van der Waals surface area contributed by atoms with Gasteiger partial charge in [0.05, 0.1) is 16.6 Å². The van der Waals surface area contributed by atoms with Crippen LogP contribution in [0.15, 0.2) is 20.0 Å². The second-order valence-electron chi connectivity index (χ2n) is 2.86. The predicted molar refractivity (Wildman–Crippen MR) is 73.6 cm³/mol. The second kappa shape index (κ2) is 5.53. The molecule has 0 radical (unpaired) electrons. The van der Waals surface area contributed by atoms with E-state index in [4.69, 9.17) is 28.9 Å². The normalized spacial score (nSPS) is 11.9. The van der Waals surface area contributed by atoms with Crippen LogP contribution in [0.2, 0.25) is 5.02 Å². The van der Waals surface area contributed by atoms with Gasteiger partial charge >= 0.3 is 0 Å². The molecule has 0 aliphatic rings. The Balaban J connectivity index is 3.36. The smallest absolute Gasteiger partial charge is 0.115 e. The van der Waals surface area contributed by atoms with E-state index in [-0.39, 0.29) is 5.88 Å². The molecule has 0 spiro atoms. The standard InChI is InChI=1S/C9H8Br2Cl2N2/c1-4-8(13)5(10)2-6(11)9(4)15-7(14)3-12/h2H,3H2,1H3,(H2,14,15). The highest BCUT2D eigenvalue weighted by atomic mass is 79.9. The van der Waals surface area contributed by atoms with Gasteiger partial charge in [-0.25, -0.2) is 4.99 Å². The third-order valence-electron chi connectivity index (χ3n) is 1.77. The summed E-state index contributed by atoms with van der Waals surface area (Å²) in [5, 5.41) is 0.624. The molecule has 0 atom stereocenters.